The van der Waals surface area contributed by atoms with Crippen LogP contribution in [0.3, 0.4) is 0 Å². The van der Waals surface area contributed by atoms with Gasteiger partial charge in [-0.1, -0.05) is 44.2 Å². The highest BCUT2D eigenvalue weighted by molar-refractivity contribution is 7.91. The Labute approximate surface area is 179 Å². The minimum Gasteiger partial charge on any atom is -0.339 e. The Morgan fingerprint density at radius 3 is 2.03 bits per heavy atom. The van der Waals surface area contributed by atoms with Crippen LogP contribution >= 0.6 is 0 Å². The average Bonchev–Trinajstić information content (AvgIpc) is 2.74. The van der Waals surface area contributed by atoms with Crippen molar-refractivity contribution in [3.8, 4) is 0 Å². The molecule has 3 rings (SSSR count). The Hall–Kier alpha value is -1.93. The number of piperazine rings is 1. The van der Waals surface area contributed by atoms with Crippen LogP contribution in [-0.2, 0) is 19.4 Å². The summed E-state index contributed by atoms with van der Waals surface area (Å²) >= 11 is 0. The molecule has 2 fully saturated rings. The lowest BCUT2D eigenvalue weighted by molar-refractivity contribution is -0.143. The zero-order chi connectivity index (χ0) is 21.7. The molecule has 0 aromatic heterocycles. The zero-order valence-electron chi connectivity index (χ0n) is 18.0. The first-order valence-corrected chi connectivity index (χ1v) is 12.6. The maximum Gasteiger partial charge on any atom is 0.244 e. The third-order valence-corrected chi connectivity index (χ3v) is 7.58. The largest absolute Gasteiger partial charge is 0.339 e. The van der Waals surface area contributed by atoms with Gasteiger partial charge in [-0.2, -0.15) is 0 Å². The average molecular weight is 436 g/mol. The van der Waals surface area contributed by atoms with Crippen molar-refractivity contribution >= 4 is 21.7 Å². The van der Waals surface area contributed by atoms with E-state index < -0.39 is 15.9 Å². The number of carbonyl (C=O) groups is 2. The fraction of sp³-hybridized carbons (Fsp3) is 0.636. The summed E-state index contributed by atoms with van der Waals surface area (Å²) in [5.41, 5.74) is 0.886. The summed E-state index contributed by atoms with van der Waals surface area (Å²) in [6, 6.07) is 9.09. The molecule has 0 bridgehead atoms. The fourth-order valence-electron chi connectivity index (χ4n) is 4.05. The lowest BCUT2D eigenvalue weighted by Gasteiger charge is -2.40. The van der Waals surface area contributed by atoms with Gasteiger partial charge in [0.2, 0.25) is 11.8 Å². The van der Waals surface area contributed by atoms with Gasteiger partial charge in [-0.05, 0) is 17.9 Å². The predicted octanol–water partition coefficient (Wildman–Crippen LogP) is 1.57. The van der Waals surface area contributed by atoms with Crippen LogP contribution < -0.4 is 0 Å². The van der Waals surface area contributed by atoms with Crippen LogP contribution in [0, 0.1) is 5.92 Å². The fourth-order valence-corrected chi connectivity index (χ4v) is 5.28. The standard InChI is InChI=1S/C22H33N3O4S/c1-18(2)8-9-20(26)23-10-12-25(13-11-23)22(27)21(19-6-4-3-5-7-19)24-14-16-30(28,29)17-15-24/h3-7,18,21H,8-17H2,1-2H3. The molecule has 0 spiro atoms. The SMILES string of the molecule is CC(C)CCC(=O)N1CCN(C(=O)C(c2ccccc2)N2CCS(=O)(=O)CC2)CC1. The molecule has 2 heterocycles. The van der Waals surface area contributed by atoms with Gasteiger partial charge in [0.1, 0.15) is 6.04 Å². The van der Waals surface area contributed by atoms with Gasteiger partial charge in [0.05, 0.1) is 11.5 Å². The first kappa shape index (κ1) is 22.7. The van der Waals surface area contributed by atoms with Gasteiger partial charge in [-0.25, -0.2) is 8.42 Å². The molecule has 1 atom stereocenters. The van der Waals surface area contributed by atoms with Gasteiger partial charge in [0, 0.05) is 45.7 Å². The summed E-state index contributed by atoms with van der Waals surface area (Å²) in [7, 11) is -3.02. The number of benzene rings is 1. The Kier molecular flexibility index (Phi) is 7.52. The smallest absolute Gasteiger partial charge is 0.244 e. The van der Waals surface area contributed by atoms with E-state index >= 15 is 0 Å². The molecule has 0 N–H and O–H groups in total. The van der Waals surface area contributed by atoms with E-state index in [0.717, 1.165) is 12.0 Å². The summed E-state index contributed by atoms with van der Waals surface area (Å²) in [4.78, 5) is 31.6. The second-order valence-corrected chi connectivity index (χ2v) is 10.9. The molecular formula is C22H33N3O4S. The van der Waals surface area contributed by atoms with Gasteiger partial charge in [-0.3, -0.25) is 14.5 Å². The number of amides is 2. The van der Waals surface area contributed by atoms with E-state index in [4.69, 9.17) is 0 Å². The molecule has 0 saturated carbocycles. The van der Waals surface area contributed by atoms with Crippen molar-refractivity contribution in [2.24, 2.45) is 5.92 Å². The van der Waals surface area contributed by atoms with Gasteiger partial charge < -0.3 is 9.80 Å². The molecule has 2 aliphatic heterocycles. The lowest BCUT2D eigenvalue weighted by Crippen LogP contribution is -2.54. The van der Waals surface area contributed by atoms with Crippen LogP contribution in [0.2, 0.25) is 0 Å². The van der Waals surface area contributed by atoms with Crippen LogP contribution in [0.25, 0.3) is 0 Å². The van der Waals surface area contributed by atoms with Gasteiger partial charge in [0.25, 0.3) is 0 Å². The van der Waals surface area contributed by atoms with Crippen molar-refractivity contribution in [3.05, 3.63) is 35.9 Å². The number of carbonyl (C=O) groups excluding carboxylic acids is 2. The summed E-state index contributed by atoms with van der Waals surface area (Å²) in [5, 5.41) is 0. The summed E-state index contributed by atoms with van der Waals surface area (Å²) in [5.74, 6) is 0.826. The molecule has 0 aliphatic carbocycles. The second-order valence-electron chi connectivity index (χ2n) is 8.64. The molecule has 2 amide bonds. The van der Waals surface area contributed by atoms with Crippen molar-refractivity contribution in [1.82, 2.24) is 14.7 Å². The quantitative estimate of drug-likeness (QED) is 0.678. The molecule has 1 unspecified atom stereocenters. The van der Waals surface area contributed by atoms with E-state index in [-0.39, 0.29) is 23.3 Å². The van der Waals surface area contributed by atoms with Crippen LogP contribution in [-0.4, -0.2) is 85.7 Å². The van der Waals surface area contributed by atoms with Crippen LogP contribution in [0.1, 0.15) is 38.3 Å². The molecule has 30 heavy (non-hydrogen) atoms. The van der Waals surface area contributed by atoms with E-state index in [1.807, 2.05) is 45.0 Å². The van der Waals surface area contributed by atoms with Gasteiger partial charge in [0.15, 0.2) is 9.84 Å². The first-order chi connectivity index (χ1) is 14.3. The number of hydrogen-bond donors (Lipinski definition) is 0. The van der Waals surface area contributed by atoms with E-state index in [1.165, 1.54) is 0 Å². The number of nitrogens with zero attached hydrogens (tertiary/aromatic N) is 3. The summed E-state index contributed by atoms with van der Waals surface area (Å²) < 4.78 is 23.7. The van der Waals surface area contributed by atoms with Crippen LogP contribution in [0.15, 0.2) is 30.3 Å². The van der Waals surface area contributed by atoms with Gasteiger partial charge in [-0.15, -0.1) is 0 Å². The van der Waals surface area contributed by atoms with Gasteiger partial charge >= 0.3 is 0 Å². The highest BCUT2D eigenvalue weighted by Crippen LogP contribution is 2.26. The number of sulfone groups is 1. The van der Waals surface area contributed by atoms with Crippen molar-refractivity contribution in [2.45, 2.75) is 32.7 Å². The minimum atomic E-state index is -3.02. The lowest BCUT2D eigenvalue weighted by atomic mass is 10.0. The first-order valence-electron chi connectivity index (χ1n) is 10.8. The molecule has 7 nitrogen and oxygen atoms in total. The zero-order valence-corrected chi connectivity index (χ0v) is 18.8. The molecule has 8 heteroatoms. The molecule has 0 radical (unpaired) electrons. The van der Waals surface area contributed by atoms with E-state index in [0.29, 0.717) is 51.6 Å². The van der Waals surface area contributed by atoms with Crippen LogP contribution in [0.5, 0.6) is 0 Å². The maximum atomic E-state index is 13.5. The third kappa shape index (κ3) is 5.82. The van der Waals surface area contributed by atoms with Crippen molar-refractivity contribution in [1.29, 1.82) is 0 Å². The normalized spacial score (nSPS) is 20.9. The molecule has 1 aromatic rings. The summed E-state index contributed by atoms with van der Waals surface area (Å²) in [6.45, 7) is 7.09. The monoisotopic (exact) mass is 435 g/mol. The molecule has 166 valence electrons. The maximum absolute atomic E-state index is 13.5. The molecule has 2 aliphatic rings. The Balaban J connectivity index is 1.66. The van der Waals surface area contributed by atoms with E-state index in [9.17, 15) is 18.0 Å². The Morgan fingerprint density at radius 2 is 1.47 bits per heavy atom. The number of hydrogen-bond acceptors (Lipinski definition) is 5. The Morgan fingerprint density at radius 1 is 0.900 bits per heavy atom. The van der Waals surface area contributed by atoms with Crippen molar-refractivity contribution in [3.63, 3.8) is 0 Å². The summed E-state index contributed by atoms with van der Waals surface area (Å²) in [6.07, 6.45) is 1.44. The third-order valence-electron chi connectivity index (χ3n) is 5.97. The van der Waals surface area contributed by atoms with E-state index in [2.05, 4.69) is 13.8 Å². The molecule has 2 saturated heterocycles. The van der Waals surface area contributed by atoms with Crippen LogP contribution in [0.4, 0.5) is 0 Å². The predicted molar refractivity (Wildman–Crippen MR) is 117 cm³/mol. The second kappa shape index (κ2) is 9.92. The van der Waals surface area contributed by atoms with E-state index in [1.54, 1.807) is 0 Å². The highest BCUT2D eigenvalue weighted by Gasteiger charge is 2.36. The molecule has 1 aromatic carbocycles. The van der Waals surface area contributed by atoms with Crippen molar-refractivity contribution < 1.29 is 18.0 Å². The minimum absolute atomic E-state index is 0.00484. The highest BCUT2D eigenvalue weighted by atomic mass is 32.2. The number of rotatable bonds is 6. The van der Waals surface area contributed by atoms with Crippen molar-refractivity contribution in [2.75, 3.05) is 50.8 Å². The topological polar surface area (TPSA) is 78.0 Å². The molecular weight excluding hydrogens is 402 g/mol. The Bertz CT molecular complexity index is 819.